The highest BCUT2D eigenvalue weighted by molar-refractivity contribution is 7.12. The molecule has 1 atom stereocenters. The van der Waals surface area contributed by atoms with Crippen LogP contribution in [-0.4, -0.2) is 29.8 Å². The zero-order valence-electron chi connectivity index (χ0n) is 9.97. The molecule has 0 radical (unpaired) electrons. The van der Waals surface area contributed by atoms with Crippen molar-refractivity contribution in [3.8, 4) is 6.07 Å². The molecule has 1 aliphatic heterocycles. The maximum absolute atomic E-state index is 11.8. The van der Waals surface area contributed by atoms with E-state index in [-0.39, 0.29) is 17.9 Å². The summed E-state index contributed by atoms with van der Waals surface area (Å²) in [6, 6.07) is 5.41. The fourth-order valence-corrected chi connectivity index (χ4v) is 2.62. The molecule has 94 valence electrons. The van der Waals surface area contributed by atoms with E-state index in [1.165, 1.54) is 23.3 Å². The lowest BCUT2D eigenvalue weighted by Gasteiger charge is -2.28. The number of thiophene rings is 1. The largest absolute Gasteiger partial charge is 0.301 e. The first-order chi connectivity index (χ1) is 8.61. The van der Waals surface area contributed by atoms with Gasteiger partial charge in [-0.15, -0.1) is 11.3 Å². The molecule has 1 aromatic rings. The summed E-state index contributed by atoms with van der Waals surface area (Å²) in [5.41, 5.74) is 0. The van der Waals surface area contributed by atoms with Gasteiger partial charge in [-0.1, -0.05) is 0 Å². The van der Waals surface area contributed by atoms with Crippen LogP contribution in [0.4, 0.5) is 0 Å². The third kappa shape index (κ3) is 2.58. The van der Waals surface area contributed by atoms with Crippen LogP contribution in [0.1, 0.15) is 22.6 Å². The van der Waals surface area contributed by atoms with E-state index in [9.17, 15) is 9.59 Å². The minimum atomic E-state index is -0.305. The third-order valence-corrected chi connectivity index (χ3v) is 3.93. The van der Waals surface area contributed by atoms with E-state index in [0.717, 1.165) is 4.88 Å². The molecule has 0 spiro atoms. The van der Waals surface area contributed by atoms with E-state index in [2.05, 4.69) is 11.4 Å². The number of nitrogens with zero attached hydrogens (tertiary/aromatic N) is 2. The summed E-state index contributed by atoms with van der Waals surface area (Å²) in [6.45, 7) is 0.546. The summed E-state index contributed by atoms with van der Waals surface area (Å²) in [7, 11) is 1.51. The summed E-state index contributed by atoms with van der Waals surface area (Å²) in [5, 5.41) is 11.8. The number of nitrogens with one attached hydrogen (secondary N) is 1. The summed E-state index contributed by atoms with van der Waals surface area (Å²) in [4.78, 5) is 26.0. The van der Waals surface area contributed by atoms with Crippen molar-refractivity contribution in [1.82, 2.24) is 10.2 Å². The van der Waals surface area contributed by atoms with Gasteiger partial charge in [-0.25, -0.2) is 0 Å². The Balaban J connectivity index is 1.92. The van der Waals surface area contributed by atoms with Crippen LogP contribution in [0, 0.1) is 11.3 Å². The van der Waals surface area contributed by atoms with E-state index < -0.39 is 0 Å². The highest BCUT2D eigenvalue weighted by Gasteiger charge is 2.31. The van der Waals surface area contributed by atoms with Crippen LogP contribution in [0.2, 0.25) is 0 Å². The number of hydrogen-bond acceptors (Lipinski definition) is 5. The monoisotopic (exact) mass is 263 g/mol. The average Bonchev–Trinajstić information content (AvgIpc) is 2.83. The zero-order chi connectivity index (χ0) is 13.1. The van der Waals surface area contributed by atoms with E-state index >= 15 is 0 Å². The number of rotatable bonds is 3. The van der Waals surface area contributed by atoms with Gasteiger partial charge in [0.05, 0.1) is 6.04 Å². The molecule has 2 rings (SSSR count). The quantitative estimate of drug-likeness (QED) is 0.821. The van der Waals surface area contributed by atoms with E-state index in [1.807, 2.05) is 6.07 Å². The lowest BCUT2D eigenvalue weighted by Crippen LogP contribution is -2.51. The van der Waals surface area contributed by atoms with E-state index in [1.54, 1.807) is 6.07 Å². The predicted molar refractivity (Wildman–Crippen MR) is 66.7 cm³/mol. The average molecular weight is 263 g/mol. The predicted octanol–water partition coefficient (Wildman–Crippen LogP) is 0.857. The Kier molecular flexibility index (Phi) is 3.75. The van der Waals surface area contributed by atoms with Gasteiger partial charge in [0, 0.05) is 24.9 Å². The molecule has 0 bridgehead atoms. The number of piperidine rings is 1. The molecule has 1 aromatic heterocycles. The van der Waals surface area contributed by atoms with Gasteiger partial charge in [-0.05, 0) is 18.6 Å². The Morgan fingerprint density at radius 3 is 3.00 bits per heavy atom. The topological polar surface area (TPSA) is 73.2 Å². The fraction of sp³-hybridized carbons (Fsp3) is 0.417. The second-order valence-electron chi connectivity index (χ2n) is 4.14. The number of amides is 2. The first kappa shape index (κ1) is 12.7. The molecule has 2 amide bonds. The van der Waals surface area contributed by atoms with Crippen molar-refractivity contribution < 1.29 is 9.59 Å². The highest BCUT2D eigenvalue weighted by atomic mass is 32.1. The Bertz CT molecular complexity index is 518. The van der Waals surface area contributed by atoms with Crippen LogP contribution in [0.25, 0.3) is 0 Å². The lowest BCUT2D eigenvalue weighted by molar-refractivity contribution is -0.148. The summed E-state index contributed by atoms with van der Waals surface area (Å²) >= 11 is 1.41. The van der Waals surface area contributed by atoms with Crippen LogP contribution in [0.15, 0.2) is 12.1 Å². The van der Waals surface area contributed by atoms with E-state index in [0.29, 0.717) is 24.3 Å². The van der Waals surface area contributed by atoms with Gasteiger partial charge in [0.2, 0.25) is 11.8 Å². The van der Waals surface area contributed by atoms with Gasteiger partial charge in [0.25, 0.3) is 0 Å². The molecule has 1 fully saturated rings. The Morgan fingerprint density at radius 2 is 2.33 bits per heavy atom. The van der Waals surface area contributed by atoms with Crippen LogP contribution < -0.4 is 5.32 Å². The molecular weight excluding hydrogens is 250 g/mol. The second-order valence-corrected chi connectivity index (χ2v) is 5.31. The van der Waals surface area contributed by atoms with Crippen molar-refractivity contribution in [3.63, 3.8) is 0 Å². The molecule has 0 saturated carbocycles. The van der Waals surface area contributed by atoms with Gasteiger partial charge >= 0.3 is 0 Å². The molecule has 1 N–H and O–H groups in total. The summed E-state index contributed by atoms with van der Waals surface area (Å²) in [5.74, 6) is -0.302. The van der Waals surface area contributed by atoms with Crippen molar-refractivity contribution in [2.24, 2.45) is 0 Å². The van der Waals surface area contributed by atoms with Crippen molar-refractivity contribution in [2.75, 3.05) is 7.05 Å². The minimum Gasteiger partial charge on any atom is -0.301 e. The molecule has 18 heavy (non-hydrogen) atoms. The summed E-state index contributed by atoms with van der Waals surface area (Å²) in [6.07, 6.45) is 0.937. The van der Waals surface area contributed by atoms with Crippen molar-refractivity contribution >= 4 is 23.2 Å². The number of likely N-dealkylation sites (N-methyl/N-ethyl adjacent to an activating group) is 1. The minimum absolute atomic E-state index is 0.124. The molecular formula is C12H13N3O2S. The van der Waals surface area contributed by atoms with Crippen LogP contribution in [0.5, 0.6) is 0 Å². The molecule has 1 aliphatic rings. The zero-order valence-corrected chi connectivity index (χ0v) is 10.8. The molecule has 1 unspecified atom stereocenters. The van der Waals surface area contributed by atoms with Crippen molar-refractivity contribution in [2.45, 2.75) is 25.4 Å². The van der Waals surface area contributed by atoms with Gasteiger partial charge in [0.1, 0.15) is 10.9 Å². The van der Waals surface area contributed by atoms with Crippen LogP contribution in [-0.2, 0) is 16.1 Å². The standard InChI is InChI=1S/C12H13N3O2S/c1-15-11(16)5-4-10(12(15)17)14-7-9-3-2-8(6-13)18-9/h2-3,10,14H,4-5,7H2,1H3. The maximum atomic E-state index is 11.8. The van der Waals surface area contributed by atoms with Gasteiger partial charge < -0.3 is 5.32 Å². The number of carbonyl (C=O) groups is 2. The Hall–Kier alpha value is -1.71. The fourth-order valence-electron chi connectivity index (χ4n) is 1.86. The molecule has 2 heterocycles. The van der Waals surface area contributed by atoms with Gasteiger partial charge in [0.15, 0.2) is 0 Å². The Labute approximate surface area is 109 Å². The van der Waals surface area contributed by atoms with Gasteiger partial charge in [-0.2, -0.15) is 5.26 Å². The first-order valence-corrected chi connectivity index (χ1v) is 6.46. The summed E-state index contributed by atoms with van der Waals surface area (Å²) < 4.78 is 0. The third-order valence-electron chi connectivity index (χ3n) is 2.94. The number of hydrogen-bond donors (Lipinski definition) is 1. The maximum Gasteiger partial charge on any atom is 0.246 e. The smallest absolute Gasteiger partial charge is 0.246 e. The lowest BCUT2D eigenvalue weighted by atomic mass is 10.0. The molecule has 0 aromatic carbocycles. The van der Waals surface area contributed by atoms with Gasteiger partial charge in [-0.3, -0.25) is 14.5 Å². The highest BCUT2D eigenvalue weighted by Crippen LogP contribution is 2.17. The number of carbonyl (C=O) groups excluding carboxylic acids is 2. The Morgan fingerprint density at radius 1 is 1.56 bits per heavy atom. The van der Waals surface area contributed by atoms with Crippen LogP contribution >= 0.6 is 11.3 Å². The van der Waals surface area contributed by atoms with Crippen LogP contribution in [0.3, 0.4) is 0 Å². The molecule has 1 saturated heterocycles. The van der Waals surface area contributed by atoms with Crippen molar-refractivity contribution in [3.05, 3.63) is 21.9 Å². The molecule has 5 nitrogen and oxygen atoms in total. The van der Waals surface area contributed by atoms with E-state index in [4.69, 9.17) is 5.26 Å². The number of imide groups is 1. The molecule has 0 aliphatic carbocycles. The number of likely N-dealkylation sites (tertiary alicyclic amines) is 1. The first-order valence-electron chi connectivity index (χ1n) is 5.64. The van der Waals surface area contributed by atoms with Crippen molar-refractivity contribution in [1.29, 1.82) is 5.26 Å². The second kappa shape index (κ2) is 5.29. The SMILES string of the molecule is CN1C(=O)CCC(NCc2ccc(C#N)s2)C1=O. The normalized spacial score (nSPS) is 20.0. The molecule has 6 heteroatoms. The number of nitriles is 1.